The van der Waals surface area contributed by atoms with Crippen molar-refractivity contribution in [2.75, 3.05) is 18.8 Å². The predicted molar refractivity (Wildman–Crippen MR) is 97.2 cm³/mol. The van der Waals surface area contributed by atoms with Crippen molar-refractivity contribution < 1.29 is 4.42 Å². The first kappa shape index (κ1) is 15.6. The van der Waals surface area contributed by atoms with Crippen molar-refractivity contribution in [2.24, 2.45) is 7.05 Å². The second kappa shape index (κ2) is 6.52. The molecule has 3 N–H and O–H groups in total. The molecule has 4 aromatic rings. The minimum Gasteiger partial charge on any atom is -0.440 e. The van der Waals surface area contributed by atoms with E-state index in [2.05, 4.69) is 37.9 Å². The minimum atomic E-state index is 0.405. The number of oxazole rings is 1. The van der Waals surface area contributed by atoms with Gasteiger partial charge in [-0.3, -0.25) is 0 Å². The monoisotopic (exact) mass is 336 g/mol. The van der Waals surface area contributed by atoms with Crippen LogP contribution in [0.15, 0.2) is 40.9 Å². The van der Waals surface area contributed by atoms with Crippen molar-refractivity contribution in [1.29, 1.82) is 0 Å². The number of nitrogens with two attached hydrogens (primary N) is 1. The first-order valence-electron chi connectivity index (χ1n) is 8.33. The van der Waals surface area contributed by atoms with Gasteiger partial charge in [0.1, 0.15) is 5.82 Å². The molecule has 0 unspecified atom stereocenters. The summed E-state index contributed by atoms with van der Waals surface area (Å²) in [5.74, 6) is 2.15. The van der Waals surface area contributed by atoms with Crippen LogP contribution in [-0.4, -0.2) is 32.6 Å². The highest BCUT2D eigenvalue weighted by Gasteiger charge is 2.09. The average molecular weight is 336 g/mol. The van der Waals surface area contributed by atoms with Gasteiger partial charge in [0.2, 0.25) is 0 Å². The number of rotatable bonds is 6. The van der Waals surface area contributed by atoms with Gasteiger partial charge in [0.15, 0.2) is 22.8 Å². The molecule has 0 atom stereocenters. The van der Waals surface area contributed by atoms with Crippen molar-refractivity contribution in [3.8, 4) is 0 Å². The SMILES string of the molecule is Cn1c(CCNCCc2nc3c(N)nccc3o2)nc2ccccc21. The number of pyridine rings is 1. The number of imidazole rings is 1. The van der Waals surface area contributed by atoms with E-state index in [1.165, 1.54) is 0 Å². The summed E-state index contributed by atoms with van der Waals surface area (Å²) in [6.45, 7) is 1.63. The Hall–Kier alpha value is -2.93. The maximum atomic E-state index is 5.80. The Labute approximate surface area is 144 Å². The molecule has 0 bridgehead atoms. The first-order valence-corrected chi connectivity index (χ1v) is 8.33. The lowest BCUT2D eigenvalue weighted by molar-refractivity contribution is 0.514. The van der Waals surface area contributed by atoms with Crippen LogP contribution in [0.1, 0.15) is 11.7 Å². The van der Waals surface area contributed by atoms with Crippen LogP contribution < -0.4 is 11.1 Å². The van der Waals surface area contributed by atoms with Gasteiger partial charge in [-0.1, -0.05) is 12.1 Å². The third kappa shape index (κ3) is 3.06. The molecule has 3 heterocycles. The third-order valence-electron chi connectivity index (χ3n) is 4.30. The average Bonchev–Trinajstić information content (AvgIpc) is 3.17. The minimum absolute atomic E-state index is 0.405. The largest absolute Gasteiger partial charge is 0.440 e. The Balaban J connectivity index is 1.31. The summed E-state index contributed by atoms with van der Waals surface area (Å²) in [7, 11) is 2.06. The normalized spacial score (nSPS) is 11.6. The number of fused-ring (bicyclic) bond motifs is 2. The Morgan fingerprint density at radius 1 is 1.12 bits per heavy atom. The van der Waals surface area contributed by atoms with Crippen molar-refractivity contribution in [1.82, 2.24) is 24.8 Å². The van der Waals surface area contributed by atoms with Crippen LogP contribution in [0.2, 0.25) is 0 Å². The zero-order chi connectivity index (χ0) is 17.2. The van der Waals surface area contributed by atoms with Gasteiger partial charge >= 0.3 is 0 Å². The van der Waals surface area contributed by atoms with E-state index in [1.807, 2.05) is 18.2 Å². The Bertz CT molecular complexity index is 1020. The summed E-state index contributed by atoms with van der Waals surface area (Å²) >= 11 is 0. The van der Waals surface area contributed by atoms with Gasteiger partial charge in [-0.15, -0.1) is 0 Å². The first-order chi connectivity index (χ1) is 12.2. The van der Waals surface area contributed by atoms with E-state index < -0.39 is 0 Å². The van der Waals surface area contributed by atoms with Crippen molar-refractivity contribution in [3.63, 3.8) is 0 Å². The molecule has 0 aliphatic carbocycles. The fraction of sp³-hybridized carbons (Fsp3) is 0.278. The van der Waals surface area contributed by atoms with Crippen LogP contribution in [0.25, 0.3) is 22.1 Å². The van der Waals surface area contributed by atoms with Gasteiger partial charge in [0.25, 0.3) is 0 Å². The molecule has 0 saturated heterocycles. The number of hydrogen-bond donors (Lipinski definition) is 2. The van der Waals surface area contributed by atoms with Crippen molar-refractivity contribution in [3.05, 3.63) is 48.2 Å². The molecular formula is C18H20N6O. The quantitative estimate of drug-likeness (QED) is 0.523. The number of aromatic nitrogens is 4. The van der Waals surface area contributed by atoms with E-state index in [0.717, 1.165) is 36.4 Å². The molecule has 128 valence electrons. The summed E-state index contributed by atoms with van der Waals surface area (Å²) in [6, 6.07) is 9.96. The van der Waals surface area contributed by atoms with Crippen LogP contribution in [0.5, 0.6) is 0 Å². The summed E-state index contributed by atoms with van der Waals surface area (Å²) in [5, 5.41) is 3.41. The Morgan fingerprint density at radius 3 is 2.80 bits per heavy atom. The molecule has 0 radical (unpaired) electrons. The van der Waals surface area contributed by atoms with Crippen LogP contribution in [-0.2, 0) is 19.9 Å². The lowest BCUT2D eigenvalue weighted by Gasteiger charge is -2.04. The highest BCUT2D eigenvalue weighted by atomic mass is 16.3. The van der Waals surface area contributed by atoms with Crippen molar-refractivity contribution >= 4 is 28.0 Å². The molecule has 25 heavy (non-hydrogen) atoms. The summed E-state index contributed by atoms with van der Waals surface area (Å²) in [5.41, 5.74) is 9.32. The van der Waals surface area contributed by atoms with Gasteiger partial charge in [0, 0.05) is 45.2 Å². The van der Waals surface area contributed by atoms with E-state index in [0.29, 0.717) is 29.2 Å². The Kier molecular flexibility index (Phi) is 4.07. The maximum absolute atomic E-state index is 5.80. The van der Waals surface area contributed by atoms with E-state index in [-0.39, 0.29) is 0 Å². The molecule has 0 aliphatic rings. The van der Waals surface area contributed by atoms with Gasteiger partial charge in [0.05, 0.1) is 11.0 Å². The second-order valence-electron chi connectivity index (χ2n) is 5.98. The number of aryl methyl sites for hydroxylation is 1. The molecule has 0 saturated carbocycles. The highest BCUT2D eigenvalue weighted by molar-refractivity contribution is 5.82. The number of para-hydroxylation sites is 2. The predicted octanol–water partition coefficient (Wildman–Crippen LogP) is 2.07. The van der Waals surface area contributed by atoms with Crippen LogP contribution in [0.4, 0.5) is 5.82 Å². The summed E-state index contributed by atoms with van der Waals surface area (Å²) < 4.78 is 7.83. The molecule has 3 aromatic heterocycles. The standard InChI is InChI=1S/C18H20N6O/c1-24-13-5-3-2-4-12(13)22-15(24)7-9-20-10-8-16-23-17-14(25-16)6-11-21-18(17)19/h2-6,11,20H,7-10H2,1H3,(H2,19,21). The fourth-order valence-electron chi connectivity index (χ4n) is 2.97. The lowest BCUT2D eigenvalue weighted by atomic mass is 10.3. The van der Waals surface area contributed by atoms with Crippen molar-refractivity contribution in [2.45, 2.75) is 12.8 Å². The zero-order valence-electron chi connectivity index (χ0n) is 14.1. The third-order valence-corrected chi connectivity index (χ3v) is 4.30. The molecule has 7 nitrogen and oxygen atoms in total. The number of benzene rings is 1. The van der Waals surface area contributed by atoms with E-state index >= 15 is 0 Å². The van der Waals surface area contributed by atoms with Gasteiger partial charge in [-0.25, -0.2) is 15.0 Å². The topological polar surface area (TPSA) is 94.8 Å². The van der Waals surface area contributed by atoms with Gasteiger partial charge < -0.3 is 20.0 Å². The van der Waals surface area contributed by atoms with Crippen LogP contribution >= 0.6 is 0 Å². The molecule has 4 rings (SSSR count). The number of nitrogens with one attached hydrogen (secondary N) is 1. The zero-order valence-corrected chi connectivity index (χ0v) is 14.1. The fourth-order valence-corrected chi connectivity index (χ4v) is 2.97. The highest BCUT2D eigenvalue weighted by Crippen LogP contribution is 2.19. The molecule has 0 fully saturated rings. The number of nitrogens with zero attached hydrogens (tertiary/aromatic N) is 4. The second-order valence-corrected chi connectivity index (χ2v) is 5.98. The maximum Gasteiger partial charge on any atom is 0.196 e. The molecule has 0 aliphatic heterocycles. The molecule has 0 amide bonds. The molecule has 0 spiro atoms. The van der Waals surface area contributed by atoms with Crippen LogP contribution in [0, 0.1) is 0 Å². The Morgan fingerprint density at radius 2 is 1.96 bits per heavy atom. The number of hydrogen-bond acceptors (Lipinski definition) is 6. The van der Waals surface area contributed by atoms with Gasteiger partial charge in [-0.2, -0.15) is 0 Å². The van der Waals surface area contributed by atoms with Gasteiger partial charge in [-0.05, 0) is 12.1 Å². The summed E-state index contributed by atoms with van der Waals surface area (Å²) in [4.78, 5) is 13.1. The smallest absolute Gasteiger partial charge is 0.196 e. The van der Waals surface area contributed by atoms with E-state index in [4.69, 9.17) is 10.2 Å². The van der Waals surface area contributed by atoms with E-state index in [9.17, 15) is 0 Å². The molecule has 7 heteroatoms. The lowest BCUT2D eigenvalue weighted by Crippen LogP contribution is -2.21. The number of anilines is 1. The molecule has 1 aromatic carbocycles. The van der Waals surface area contributed by atoms with E-state index in [1.54, 1.807) is 12.3 Å². The summed E-state index contributed by atoms with van der Waals surface area (Å²) in [6.07, 6.45) is 3.20. The molecular weight excluding hydrogens is 316 g/mol. The number of nitrogen functional groups attached to an aromatic ring is 1. The van der Waals surface area contributed by atoms with Crippen LogP contribution in [0.3, 0.4) is 0 Å².